The monoisotopic (exact) mass is 348 g/mol. The van der Waals surface area contributed by atoms with E-state index in [1.165, 1.54) is 10.7 Å². The van der Waals surface area contributed by atoms with Crippen LogP contribution in [-0.2, 0) is 10.3 Å². The molecule has 0 bridgehead atoms. The van der Waals surface area contributed by atoms with E-state index in [-0.39, 0.29) is 11.5 Å². The number of amides is 1. The van der Waals surface area contributed by atoms with Gasteiger partial charge in [0.1, 0.15) is 11.4 Å². The predicted octanol–water partition coefficient (Wildman–Crippen LogP) is 2.99. The van der Waals surface area contributed by atoms with Crippen molar-refractivity contribution in [2.24, 2.45) is 0 Å². The van der Waals surface area contributed by atoms with Crippen molar-refractivity contribution >= 4 is 11.7 Å². The summed E-state index contributed by atoms with van der Waals surface area (Å²) in [7, 11) is 0. The average Bonchev–Trinajstić information content (AvgIpc) is 2.64. The third kappa shape index (κ3) is 3.39. The Balaban J connectivity index is 1.97. The Morgan fingerprint density at radius 3 is 2.46 bits per heavy atom. The van der Waals surface area contributed by atoms with Crippen molar-refractivity contribution in [2.45, 2.75) is 26.3 Å². The topological polar surface area (TPSA) is 76.9 Å². The number of hydrogen-bond acceptors (Lipinski definition) is 4. The molecule has 6 heteroatoms. The summed E-state index contributed by atoms with van der Waals surface area (Å²) < 4.78 is 1.21. The van der Waals surface area contributed by atoms with E-state index in [1.54, 1.807) is 32.2 Å². The molecule has 0 atom stereocenters. The first-order valence-electron chi connectivity index (χ1n) is 8.29. The smallest absolute Gasteiger partial charge is 0.267 e. The van der Waals surface area contributed by atoms with E-state index in [4.69, 9.17) is 0 Å². The van der Waals surface area contributed by atoms with E-state index in [0.717, 1.165) is 11.1 Å². The van der Waals surface area contributed by atoms with E-state index < -0.39 is 5.54 Å². The fourth-order valence-corrected chi connectivity index (χ4v) is 2.55. The molecule has 2 heterocycles. The van der Waals surface area contributed by atoms with Gasteiger partial charge in [0.25, 0.3) is 11.5 Å². The van der Waals surface area contributed by atoms with Gasteiger partial charge in [-0.3, -0.25) is 9.59 Å². The first kappa shape index (κ1) is 17.5. The number of carbonyl (C=O) groups is 1. The molecule has 0 fully saturated rings. The third-order valence-corrected chi connectivity index (χ3v) is 4.20. The minimum atomic E-state index is -1.19. The molecule has 1 amide bonds. The Bertz CT molecular complexity index is 994. The highest BCUT2D eigenvalue weighted by atomic mass is 16.2. The van der Waals surface area contributed by atoms with Gasteiger partial charge in [-0.1, -0.05) is 36.4 Å². The summed E-state index contributed by atoms with van der Waals surface area (Å²) in [4.78, 5) is 29.4. The van der Waals surface area contributed by atoms with Gasteiger partial charge in [-0.05, 0) is 38.5 Å². The van der Waals surface area contributed by atoms with Crippen LogP contribution in [0.1, 0.15) is 19.4 Å². The van der Waals surface area contributed by atoms with E-state index in [1.807, 2.05) is 43.3 Å². The van der Waals surface area contributed by atoms with Crippen LogP contribution in [0.25, 0.3) is 11.3 Å². The minimum absolute atomic E-state index is 0.345. The Hall–Kier alpha value is -3.28. The van der Waals surface area contributed by atoms with E-state index in [2.05, 4.69) is 15.4 Å². The number of aryl methyl sites for hydroxylation is 1. The van der Waals surface area contributed by atoms with Crippen molar-refractivity contribution in [2.75, 3.05) is 5.32 Å². The van der Waals surface area contributed by atoms with Crippen molar-refractivity contribution in [3.63, 3.8) is 0 Å². The lowest BCUT2D eigenvalue weighted by Gasteiger charge is -2.25. The molecule has 2 aromatic heterocycles. The summed E-state index contributed by atoms with van der Waals surface area (Å²) in [5.41, 5.74) is 0.807. The lowest BCUT2D eigenvalue weighted by molar-refractivity contribution is -0.123. The summed E-state index contributed by atoms with van der Waals surface area (Å²) in [6.07, 6.45) is 1.61. The normalized spacial score (nSPS) is 11.2. The molecule has 0 aliphatic rings. The maximum Gasteiger partial charge on any atom is 0.267 e. The first-order valence-corrected chi connectivity index (χ1v) is 8.29. The Morgan fingerprint density at radius 2 is 1.77 bits per heavy atom. The Kier molecular flexibility index (Phi) is 4.67. The molecule has 132 valence electrons. The zero-order chi connectivity index (χ0) is 18.7. The van der Waals surface area contributed by atoms with Gasteiger partial charge in [-0.2, -0.15) is 5.10 Å². The van der Waals surface area contributed by atoms with Crippen molar-refractivity contribution in [1.29, 1.82) is 0 Å². The molecule has 1 aromatic carbocycles. The number of anilines is 1. The maximum atomic E-state index is 12.8. The highest BCUT2D eigenvalue weighted by Gasteiger charge is 2.32. The quantitative estimate of drug-likeness (QED) is 0.786. The van der Waals surface area contributed by atoms with Crippen LogP contribution in [0, 0.1) is 6.92 Å². The fourth-order valence-electron chi connectivity index (χ4n) is 2.55. The number of aromatic nitrogens is 3. The van der Waals surface area contributed by atoms with E-state index in [9.17, 15) is 9.59 Å². The number of nitrogens with one attached hydrogen (secondary N) is 1. The molecule has 6 nitrogen and oxygen atoms in total. The number of hydrogen-bond donors (Lipinski definition) is 1. The second-order valence-corrected chi connectivity index (χ2v) is 6.52. The van der Waals surface area contributed by atoms with Crippen molar-refractivity contribution in [1.82, 2.24) is 14.8 Å². The molecule has 1 N–H and O–H groups in total. The van der Waals surface area contributed by atoms with Crippen LogP contribution in [0.2, 0.25) is 0 Å². The van der Waals surface area contributed by atoms with E-state index >= 15 is 0 Å². The molecule has 3 rings (SSSR count). The molecule has 26 heavy (non-hydrogen) atoms. The van der Waals surface area contributed by atoms with Gasteiger partial charge in [0.2, 0.25) is 0 Å². The minimum Gasteiger partial charge on any atom is -0.308 e. The van der Waals surface area contributed by atoms with Gasteiger partial charge in [-0.25, -0.2) is 9.67 Å². The van der Waals surface area contributed by atoms with Gasteiger partial charge in [-0.15, -0.1) is 0 Å². The maximum absolute atomic E-state index is 12.8. The van der Waals surface area contributed by atoms with Crippen molar-refractivity contribution in [3.8, 4) is 11.3 Å². The predicted molar refractivity (Wildman–Crippen MR) is 101 cm³/mol. The first-order chi connectivity index (χ1) is 12.4. The molecule has 0 saturated heterocycles. The van der Waals surface area contributed by atoms with Gasteiger partial charge in [0, 0.05) is 17.8 Å². The lowest BCUT2D eigenvalue weighted by atomic mass is 10.0. The highest BCUT2D eigenvalue weighted by molar-refractivity contribution is 5.95. The van der Waals surface area contributed by atoms with Gasteiger partial charge >= 0.3 is 0 Å². The fraction of sp³-hybridized carbons (Fsp3) is 0.200. The summed E-state index contributed by atoms with van der Waals surface area (Å²) in [5.74, 6) is 0.108. The summed E-state index contributed by atoms with van der Waals surface area (Å²) in [6, 6.07) is 16.3. The van der Waals surface area contributed by atoms with Crippen LogP contribution in [-0.4, -0.2) is 20.7 Å². The number of carbonyl (C=O) groups excluding carboxylic acids is 1. The highest BCUT2D eigenvalue weighted by Crippen LogP contribution is 2.20. The Morgan fingerprint density at radius 1 is 1.04 bits per heavy atom. The van der Waals surface area contributed by atoms with Crippen LogP contribution in [0.5, 0.6) is 0 Å². The zero-order valence-electron chi connectivity index (χ0n) is 14.9. The Labute approximate surface area is 151 Å². The second-order valence-electron chi connectivity index (χ2n) is 6.52. The zero-order valence-corrected chi connectivity index (χ0v) is 14.9. The summed E-state index contributed by atoms with van der Waals surface area (Å²) in [6.45, 7) is 5.17. The van der Waals surface area contributed by atoms with Crippen LogP contribution in [0.3, 0.4) is 0 Å². The largest absolute Gasteiger partial charge is 0.308 e. The molecule has 0 unspecified atom stereocenters. The average molecular weight is 348 g/mol. The standard InChI is InChI=1S/C20H20N4O2/c1-14-8-7-13-21-18(14)22-19(26)20(2,3)24-17(25)12-11-16(23-24)15-9-5-4-6-10-15/h4-13H,1-3H3,(H,21,22,26). The SMILES string of the molecule is Cc1cccnc1NC(=O)C(C)(C)n1nc(-c2ccccc2)ccc1=O. The number of benzene rings is 1. The summed E-state index contributed by atoms with van der Waals surface area (Å²) >= 11 is 0. The molecule has 0 saturated carbocycles. The summed E-state index contributed by atoms with van der Waals surface area (Å²) in [5, 5.41) is 7.21. The lowest BCUT2D eigenvalue weighted by Crippen LogP contribution is -2.47. The van der Waals surface area contributed by atoms with Crippen LogP contribution in [0.4, 0.5) is 5.82 Å². The molecule has 3 aromatic rings. The van der Waals surface area contributed by atoms with E-state index in [0.29, 0.717) is 11.5 Å². The molecule has 0 aliphatic carbocycles. The molecule has 0 aliphatic heterocycles. The van der Waals surface area contributed by atoms with Gasteiger partial charge in [0.05, 0.1) is 5.69 Å². The van der Waals surface area contributed by atoms with Gasteiger partial charge < -0.3 is 5.32 Å². The number of pyridine rings is 1. The number of rotatable bonds is 4. The van der Waals surface area contributed by atoms with Crippen molar-refractivity contribution in [3.05, 3.63) is 76.7 Å². The van der Waals surface area contributed by atoms with Crippen LogP contribution < -0.4 is 10.9 Å². The second kappa shape index (κ2) is 6.92. The third-order valence-electron chi connectivity index (χ3n) is 4.20. The molecule has 0 radical (unpaired) electrons. The number of nitrogens with zero attached hydrogens (tertiary/aromatic N) is 3. The van der Waals surface area contributed by atoms with Crippen LogP contribution in [0.15, 0.2) is 65.6 Å². The van der Waals surface area contributed by atoms with Crippen LogP contribution >= 0.6 is 0 Å². The molecular formula is C20H20N4O2. The van der Waals surface area contributed by atoms with Gasteiger partial charge in [0.15, 0.2) is 0 Å². The molecular weight excluding hydrogens is 328 g/mol. The molecule has 0 spiro atoms. The van der Waals surface area contributed by atoms with Crippen molar-refractivity contribution < 1.29 is 4.79 Å².